The van der Waals surface area contributed by atoms with Crippen LogP contribution in [0.1, 0.15) is 42.3 Å². The molecule has 1 aliphatic rings. The number of ether oxygens (including phenoxy) is 1. The Hall–Kier alpha value is -3.85. The van der Waals surface area contributed by atoms with E-state index in [0.29, 0.717) is 37.2 Å². The number of anilines is 1. The molecule has 1 aliphatic heterocycles. The van der Waals surface area contributed by atoms with Crippen LogP contribution in [-0.2, 0) is 21.5 Å². The van der Waals surface area contributed by atoms with Crippen LogP contribution in [-0.4, -0.2) is 59.5 Å². The van der Waals surface area contributed by atoms with Gasteiger partial charge in [0.05, 0.1) is 25.3 Å². The van der Waals surface area contributed by atoms with Crippen molar-refractivity contribution in [2.45, 2.75) is 32.7 Å². The zero-order chi connectivity index (χ0) is 26.0. The van der Waals surface area contributed by atoms with Crippen molar-refractivity contribution >= 4 is 28.5 Å². The molecule has 0 aliphatic carbocycles. The van der Waals surface area contributed by atoms with Gasteiger partial charge in [-0.3, -0.25) is 14.4 Å². The minimum absolute atomic E-state index is 0.0219. The molecule has 2 aromatic carbocycles. The molecule has 9 heteroatoms. The van der Waals surface area contributed by atoms with E-state index in [1.54, 1.807) is 12.1 Å². The molecule has 0 spiro atoms. The first-order chi connectivity index (χ1) is 17.1. The molecule has 3 aromatic rings. The summed E-state index contributed by atoms with van der Waals surface area (Å²) < 4.78 is 6.87. The van der Waals surface area contributed by atoms with E-state index in [4.69, 9.17) is 9.84 Å². The van der Waals surface area contributed by atoms with Crippen molar-refractivity contribution in [1.29, 1.82) is 0 Å². The fourth-order valence-electron chi connectivity index (χ4n) is 4.35. The maximum Gasteiger partial charge on any atom is 0.322 e. The number of aliphatic carboxylic acids is 1. The summed E-state index contributed by atoms with van der Waals surface area (Å²) in [6.07, 6.45) is 0. The second-order valence-electron chi connectivity index (χ2n) is 9.94. The molecule has 0 unspecified atom stereocenters. The van der Waals surface area contributed by atoms with Gasteiger partial charge in [0, 0.05) is 24.2 Å². The van der Waals surface area contributed by atoms with Crippen LogP contribution in [0.3, 0.4) is 0 Å². The molecular weight excluding hydrogens is 462 g/mol. The monoisotopic (exact) mass is 493 g/mol. The Labute approximate surface area is 208 Å². The number of carbonyl (C=O) groups is 2. The predicted octanol–water partition coefficient (Wildman–Crippen LogP) is 2.70. The summed E-state index contributed by atoms with van der Waals surface area (Å²) >= 11 is 0. The van der Waals surface area contributed by atoms with Crippen molar-refractivity contribution in [2.24, 2.45) is 0 Å². The van der Waals surface area contributed by atoms with E-state index in [1.165, 1.54) is 4.57 Å². The molecule has 1 amide bonds. The molecule has 190 valence electrons. The van der Waals surface area contributed by atoms with Crippen LogP contribution in [0.2, 0.25) is 0 Å². The lowest BCUT2D eigenvalue weighted by Crippen LogP contribution is -2.37. The highest BCUT2D eigenvalue weighted by Gasteiger charge is 2.24. The molecule has 0 bridgehead atoms. The highest BCUT2D eigenvalue weighted by molar-refractivity contribution is 6.03. The Morgan fingerprint density at radius 2 is 1.72 bits per heavy atom. The van der Waals surface area contributed by atoms with E-state index in [0.717, 1.165) is 16.8 Å². The summed E-state index contributed by atoms with van der Waals surface area (Å²) in [6.45, 7) is 8.38. The average Bonchev–Trinajstić information content (AvgIpc) is 2.85. The van der Waals surface area contributed by atoms with Crippen LogP contribution in [0.25, 0.3) is 10.9 Å². The number of fused-ring (bicyclic) bond motifs is 1. The molecule has 1 aromatic heterocycles. The van der Waals surface area contributed by atoms with Crippen molar-refractivity contribution in [3.05, 3.63) is 69.5 Å². The van der Waals surface area contributed by atoms with E-state index in [2.05, 4.69) is 31.0 Å². The van der Waals surface area contributed by atoms with Gasteiger partial charge < -0.3 is 29.7 Å². The largest absolute Gasteiger partial charge is 0.506 e. The quantitative estimate of drug-likeness (QED) is 0.483. The fourth-order valence-corrected chi connectivity index (χ4v) is 4.35. The lowest BCUT2D eigenvalue weighted by Gasteiger charge is -2.29. The Morgan fingerprint density at radius 1 is 1.06 bits per heavy atom. The Kier molecular flexibility index (Phi) is 7.03. The normalized spacial score (nSPS) is 14.1. The number of aromatic nitrogens is 1. The first-order valence-electron chi connectivity index (χ1n) is 11.9. The number of pyridine rings is 1. The number of rotatable bonds is 6. The minimum Gasteiger partial charge on any atom is -0.506 e. The number of benzene rings is 2. The molecular formula is C27H31N3O6. The number of aromatic hydroxyl groups is 1. The van der Waals surface area contributed by atoms with E-state index in [9.17, 15) is 19.5 Å². The van der Waals surface area contributed by atoms with Crippen molar-refractivity contribution in [3.63, 3.8) is 0 Å². The summed E-state index contributed by atoms with van der Waals surface area (Å²) in [5, 5.41) is 22.5. The maximum atomic E-state index is 13.5. The number of hydrogen-bond acceptors (Lipinski definition) is 6. The number of nitrogens with one attached hydrogen (secondary N) is 1. The number of carbonyl (C=O) groups excluding carboxylic acids is 1. The van der Waals surface area contributed by atoms with Crippen molar-refractivity contribution < 1.29 is 24.5 Å². The summed E-state index contributed by atoms with van der Waals surface area (Å²) in [6, 6.07) is 13.3. The van der Waals surface area contributed by atoms with E-state index in [1.807, 2.05) is 30.3 Å². The molecule has 36 heavy (non-hydrogen) atoms. The highest BCUT2D eigenvalue weighted by atomic mass is 16.5. The SMILES string of the molecule is CC(C)(C)c1ccc(Cn2c(=O)c(C(=O)NCC(=O)O)c(O)c3cc(N4CCOCC4)ccc32)cc1. The van der Waals surface area contributed by atoms with E-state index in [-0.39, 0.29) is 12.0 Å². The van der Waals surface area contributed by atoms with Gasteiger partial charge in [0.15, 0.2) is 0 Å². The smallest absolute Gasteiger partial charge is 0.322 e. The van der Waals surface area contributed by atoms with Gasteiger partial charge in [-0.05, 0) is 34.7 Å². The van der Waals surface area contributed by atoms with Gasteiger partial charge in [0.2, 0.25) is 0 Å². The predicted molar refractivity (Wildman–Crippen MR) is 137 cm³/mol. The first-order valence-corrected chi connectivity index (χ1v) is 11.9. The molecule has 4 rings (SSSR count). The number of carboxylic acids is 1. The second-order valence-corrected chi connectivity index (χ2v) is 9.94. The van der Waals surface area contributed by atoms with Crippen LogP contribution < -0.4 is 15.8 Å². The topological polar surface area (TPSA) is 121 Å². The average molecular weight is 494 g/mol. The van der Waals surface area contributed by atoms with Crippen molar-refractivity contribution in [1.82, 2.24) is 9.88 Å². The molecule has 0 saturated carbocycles. The van der Waals surface area contributed by atoms with Gasteiger partial charge in [-0.15, -0.1) is 0 Å². The molecule has 1 fully saturated rings. The van der Waals surface area contributed by atoms with Crippen LogP contribution >= 0.6 is 0 Å². The highest BCUT2D eigenvalue weighted by Crippen LogP contribution is 2.31. The van der Waals surface area contributed by atoms with Gasteiger partial charge in [-0.25, -0.2) is 0 Å². The van der Waals surface area contributed by atoms with Gasteiger partial charge in [-0.1, -0.05) is 45.0 Å². The fraction of sp³-hybridized carbons (Fsp3) is 0.370. The van der Waals surface area contributed by atoms with Crippen LogP contribution in [0.4, 0.5) is 5.69 Å². The lowest BCUT2D eigenvalue weighted by atomic mass is 9.87. The zero-order valence-electron chi connectivity index (χ0n) is 20.7. The van der Waals surface area contributed by atoms with Crippen LogP contribution in [0, 0.1) is 0 Å². The standard InChI is InChI=1S/C27H31N3O6/c1-27(2,3)18-6-4-17(5-7-18)16-30-21-9-8-19(29-10-12-36-13-11-29)14-20(21)24(33)23(26(30)35)25(34)28-15-22(31)32/h4-9,14,33H,10-13,15-16H2,1-3H3,(H,28,34)(H,31,32). The maximum absolute atomic E-state index is 13.5. The number of nitrogens with zero attached hydrogens (tertiary/aromatic N) is 2. The zero-order valence-corrected chi connectivity index (χ0v) is 20.7. The first kappa shape index (κ1) is 25.2. The van der Waals surface area contributed by atoms with Gasteiger partial charge in [-0.2, -0.15) is 0 Å². The number of morpholine rings is 1. The molecule has 1 saturated heterocycles. The third-order valence-corrected chi connectivity index (χ3v) is 6.39. The molecule has 2 heterocycles. The summed E-state index contributed by atoms with van der Waals surface area (Å²) in [5.41, 5.74) is 2.12. The molecule has 9 nitrogen and oxygen atoms in total. The lowest BCUT2D eigenvalue weighted by molar-refractivity contribution is -0.135. The van der Waals surface area contributed by atoms with Crippen LogP contribution in [0.15, 0.2) is 47.3 Å². The number of hydrogen-bond donors (Lipinski definition) is 3. The molecule has 0 atom stereocenters. The third-order valence-electron chi connectivity index (χ3n) is 6.39. The Bertz CT molecular complexity index is 1350. The summed E-state index contributed by atoms with van der Waals surface area (Å²) in [7, 11) is 0. The number of carboxylic acid groups (broad SMARTS) is 1. The Balaban J connectivity index is 1.84. The summed E-state index contributed by atoms with van der Waals surface area (Å²) in [4.78, 5) is 39.4. The third kappa shape index (κ3) is 5.21. The number of amides is 1. The Morgan fingerprint density at radius 3 is 2.33 bits per heavy atom. The van der Waals surface area contributed by atoms with Gasteiger partial charge in [0.1, 0.15) is 17.9 Å². The van der Waals surface area contributed by atoms with Gasteiger partial charge >= 0.3 is 5.97 Å². The van der Waals surface area contributed by atoms with Crippen molar-refractivity contribution in [2.75, 3.05) is 37.7 Å². The van der Waals surface area contributed by atoms with E-state index < -0.39 is 35.3 Å². The van der Waals surface area contributed by atoms with Gasteiger partial charge in [0.25, 0.3) is 11.5 Å². The summed E-state index contributed by atoms with van der Waals surface area (Å²) in [5.74, 6) is -2.65. The minimum atomic E-state index is -1.25. The van der Waals surface area contributed by atoms with E-state index >= 15 is 0 Å². The second kappa shape index (κ2) is 10.0. The van der Waals surface area contributed by atoms with Crippen molar-refractivity contribution in [3.8, 4) is 5.75 Å². The van der Waals surface area contributed by atoms with Crippen LogP contribution in [0.5, 0.6) is 5.75 Å². The molecule has 0 radical (unpaired) electrons. The molecule has 3 N–H and O–H groups in total.